The van der Waals surface area contributed by atoms with Gasteiger partial charge in [0.15, 0.2) is 0 Å². The molecule has 1 aromatic carbocycles. The summed E-state index contributed by atoms with van der Waals surface area (Å²) in [7, 11) is 0. The molecule has 2 saturated carbocycles. The normalized spacial score (nSPS) is 24.6. The van der Waals surface area contributed by atoms with Crippen molar-refractivity contribution in [3.63, 3.8) is 0 Å². The monoisotopic (exact) mass is 437 g/mol. The minimum absolute atomic E-state index is 0.188. The third kappa shape index (κ3) is 3.15. The highest BCUT2D eigenvalue weighted by molar-refractivity contribution is 5.90. The van der Waals surface area contributed by atoms with E-state index in [9.17, 15) is 13.9 Å². The fraction of sp³-hybridized carbons (Fsp3) is 0.348. The molecule has 164 valence electrons. The molecule has 0 spiro atoms. The van der Waals surface area contributed by atoms with Crippen LogP contribution in [0.2, 0.25) is 0 Å². The Kier molecular flexibility index (Phi) is 4.13. The Hall–Kier alpha value is -3.33. The molecule has 2 aliphatic rings. The molecule has 0 amide bonds. The number of aliphatic hydroxyl groups is 1. The quantitative estimate of drug-likeness (QED) is 0.481. The summed E-state index contributed by atoms with van der Waals surface area (Å²) in [5, 5.41) is 19.3. The van der Waals surface area contributed by atoms with Gasteiger partial charge in [0.25, 0.3) is 0 Å². The van der Waals surface area contributed by atoms with Crippen molar-refractivity contribution in [3.8, 4) is 17.0 Å². The lowest BCUT2D eigenvalue weighted by atomic mass is 9.93. The zero-order chi connectivity index (χ0) is 21.9. The van der Waals surface area contributed by atoms with Crippen LogP contribution in [0.15, 0.2) is 48.8 Å². The molecule has 0 atom stereocenters. The summed E-state index contributed by atoms with van der Waals surface area (Å²) in [6.45, 7) is -3.02. The summed E-state index contributed by atoms with van der Waals surface area (Å²) in [5.74, 6) is 0.0237. The number of rotatable bonds is 5. The van der Waals surface area contributed by atoms with E-state index in [-0.39, 0.29) is 17.4 Å². The number of nitrogens with one attached hydrogen (secondary N) is 1. The Balaban J connectivity index is 1.44. The van der Waals surface area contributed by atoms with E-state index in [1.165, 1.54) is 4.52 Å². The molecule has 6 rings (SSSR count). The first kappa shape index (κ1) is 19.4. The molecule has 3 heterocycles. The maximum atomic E-state index is 13.3. The average Bonchev–Trinajstić information content (AvgIpc) is 3.43. The van der Waals surface area contributed by atoms with E-state index in [1.807, 2.05) is 36.4 Å². The molecular formula is C23H21F2N5O2. The van der Waals surface area contributed by atoms with Gasteiger partial charge in [0.2, 0.25) is 11.8 Å². The van der Waals surface area contributed by atoms with Gasteiger partial charge >= 0.3 is 6.61 Å². The molecule has 0 saturated heterocycles. The van der Waals surface area contributed by atoms with E-state index in [2.05, 4.69) is 20.4 Å². The number of fused-ring (bicyclic) bond motifs is 4. The lowest BCUT2D eigenvalue weighted by molar-refractivity contribution is -0.0519. The molecule has 2 bridgehead atoms. The Morgan fingerprint density at radius 2 is 1.97 bits per heavy atom. The van der Waals surface area contributed by atoms with Gasteiger partial charge in [-0.1, -0.05) is 12.1 Å². The van der Waals surface area contributed by atoms with Gasteiger partial charge in [-0.3, -0.25) is 4.98 Å². The molecule has 32 heavy (non-hydrogen) atoms. The van der Waals surface area contributed by atoms with Gasteiger partial charge in [-0.15, -0.1) is 5.10 Å². The minimum atomic E-state index is -3.02. The highest BCUT2D eigenvalue weighted by Gasteiger charge is 2.53. The summed E-state index contributed by atoms with van der Waals surface area (Å²) in [6, 6.07) is 11.3. The second kappa shape index (κ2) is 6.83. The van der Waals surface area contributed by atoms with Crippen molar-refractivity contribution in [2.45, 2.75) is 49.9 Å². The number of hydrogen-bond acceptors (Lipinski definition) is 6. The van der Waals surface area contributed by atoms with Crippen LogP contribution in [0.3, 0.4) is 0 Å². The van der Waals surface area contributed by atoms with Gasteiger partial charge in [0, 0.05) is 28.9 Å². The van der Waals surface area contributed by atoms with Crippen LogP contribution in [-0.2, 0) is 0 Å². The van der Waals surface area contributed by atoms with Gasteiger partial charge in [-0.2, -0.15) is 13.8 Å². The van der Waals surface area contributed by atoms with Crippen molar-refractivity contribution >= 4 is 22.4 Å². The van der Waals surface area contributed by atoms with Crippen molar-refractivity contribution in [3.05, 3.63) is 48.8 Å². The molecular weight excluding hydrogens is 416 g/mol. The van der Waals surface area contributed by atoms with Crippen molar-refractivity contribution in [1.29, 1.82) is 0 Å². The van der Waals surface area contributed by atoms with E-state index < -0.39 is 12.2 Å². The number of alkyl halides is 2. The second-order valence-corrected chi connectivity index (χ2v) is 8.86. The Labute approximate surface area is 182 Å². The molecule has 0 unspecified atom stereocenters. The predicted octanol–water partition coefficient (Wildman–Crippen LogP) is 4.41. The minimum Gasteiger partial charge on any atom is -0.414 e. The molecule has 4 aromatic rings. The molecule has 0 aliphatic heterocycles. The lowest BCUT2D eigenvalue weighted by Gasteiger charge is -2.27. The summed E-state index contributed by atoms with van der Waals surface area (Å²) in [5.41, 5.74) is 1.76. The second-order valence-electron chi connectivity index (χ2n) is 8.86. The van der Waals surface area contributed by atoms with Crippen molar-refractivity contribution in [2.24, 2.45) is 0 Å². The van der Waals surface area contributed by atoms with E-state index in [0.29, 0.717) is 30.3 Å². The standard InChI is InChI=1S/C23H21F2N5O2/c24-20(25)32-19-18-16(14-3-4-17-15(12-14)2-1-10-26-17)5-11-30(18)29-21(27-19)28-22-6-8-23(31,13-22)9-7-22/h1-5,10-12,20,31H,6-9,13H2,(H,28,29). The van der Waals surface area contributed by atoms with Crippen LogP contribution in [0.25, 0.3) is 27.5 Å². The molecule has 0 radical (unpaired) electrons. The number of halogens is 2. The zero-order valence-electron chi connectivity index (χ0n) is 17.1. The lowest BCUT2D eigenvalue weighted by Crippen LogP contribution is -2.34. The third-order valence-corrected chi connectivity index (χ3v) is 6.78. The fourth-order valence-electron chi connectivity index (χ4n) is 5.27. The Morgan fingerprint density at radius 3 is 2.72 bits per heavy atom. The third-order valence-electron chi connectivity index (χ3n) is 6.78. The zero-order valence-corrected chi connectivity index (χ0v) is 17.1. The fourth-order valence-corrected chi connectivity index (χ4v) is 5.27. The number of benzene rings is 1. The smallest absolute Gasteiger partial charge is 0.388 e. The molecule has 3 aromatic heterocycles. The number of hydrogen-bond donors (Lipinski definition) is 2. The average molecular weight is 437 g/mol. The summed E-state index contributed by atoms with van der Waals surface area (Å²) in [6.07, 6.45) is 7.05. The van der Waals surface area contributed by atoms with Crippen LogP contribution < -0.4 is 10.1 Å². The molecule has 2 fully saturated rings. The van der Waals surface area contributed by atoms with Crippen LogP contribution in [0.1, 0.15) is 32.1 Å². The summed E-state index contributed by atoms with van der Waals surface area (Å²) in [4.78, 5) is 8.65. The van der Waals surface area contributed by atoms with E-state index in [4.69, 9.17) is 4.74 Å². The maximum Gasteiger partial charge on any atom is 0.388 e. The summed E-state index contributed by atoms with van der Waals surface area (Å²) < 4.78 is 32.9. The first-order valence-corrected chi connectivity index (χ1v) is 10.6. The number of ether oxygens (including phenoxy) is 1. The highest BCUT2D eigenvalue weighted by atomic mass is 19.3. The molecule has 2 aliphatic carbocycles. The topological polar surface area (TPSA) is 84.6 Å². The largest absolute Gasteiger partial charge is 0.414 e. The van der Waals surface area contributed by atoms with E-state index in [0.717, 1.165) is 29.3 Å². The highest BCUT2D eigenvalue weighted by Crippen LogP contribution is 2.51. The maximum absolute atomic E-state index is 13.3. The molecule has 7 nitrogen and oxygen atoms in total. The van der Waals surface area contributed by atoms with Crippen LogP contribution >= 0.6 is 0 Å². The van der Waals surface area contributed by atoms with Crippen LogP contribution in [0, 0.1) is 0 Å². The number of pyridine rings is 1. The Bertz CT molecular complexity index is 1330. The summed E-state index contributed by atoms with van der Waals surface area (Å²) >= 11 is 0. The van der Waals surface area contributed by atoms with Gasteiger partial charge in [0.05, 0.1) is 11.1 Å². The van der Waals surface area contributed by atoms with Crippen molar-refractivity contribution < 1.29 is 18.6 Å². The van der Waals surface area contributed by atoms with Gasteiger partial charge in [-0.05, 0) is 61.9 Å². The molecule has 2 N–H and O–H groups in total. The number of anilines is 1. The van der Waals surface area contributed by atoms with Crippen molar-refractivity contribution in [1.82, 2.24) is 19.6 Å². The van der Waals surface area contributed by atoms with E-state index >= 15 is 0 Å². The number of aromatic nitrogens is 4. The SMILES string of the molecule is OC12CCC(Nc3nc(OC(F)F)c4c(-c5ccc6ncccc6c5)ccn4n3)(CC1)C2. The predicted molar refractivity (Wildman–Crippen MR) is 115 cm³/mol. The van der Waals surface area contributed by atoms with Gasteiger partial charge in [-0.25, -0.2) is 4.52 Å². The van der Waals surface area contributed by atoms with Gasteiger partial charge in [0.1, 0.15) is 5.52 Å². The number of nitrogens with zero attached hydrogens (tertiary/aromatic N) is 4. The van der Waals surface area contributed by atoms with Crippen LogP contribution in [-0.4, -0.2) is 42.4 Å². The first-order valence-electron chi connectivity index (χ1n) is 10.6. The first-order chi connectivity index (χ1) is 15.4. The van der Waals surface area contributed by atoms with Crippen molar-refractivity contribution in [2.75, 3.05) is 5.32 Å². The van der Waals surface area contributed by atoms with Gasteiger partial charge < -0.3 is 15.2 Å². The Morgan fingerprint density at radius 1 is 1.12 bits per heavy atom. The molecule has 9 heteroatoms. The van der Waals surface area contributed by atoms with Crippen LogP contribution in [0.5, 0.6) is 5.88 Å². The van der Waals surface area contributed by atoms with E-state index in [1.54, 1.807) is 12.4 Å². The van der Waals surface area contributed by atoms with Crippen LogP contribution in [0.4, 0.5) is 14.7 Å².